The van der Waals surface area contributed by atoms with Gasteiger partial charge in [-0.1, -0.05) is 18.2 Å². The summed E-state index contributed by atoms with van der Waals surface area (Å²) in [7, 11) is 0. The maximum absolute atomic E-state index is 12.6. The lowest BCUT2D eigenvalue weighted by Gasteiger charge is -2.31. The van der Waals surface area contributed by atoms with Gasteiger partial charge in [0.05, 0.1) is 0 Å². The van der Waals surface area contributed by atoms with Crippen LogP contribution in [0.25, 0.3) is 10.9 Å². The van der Waals surface area contributed by atoms with E-state index in [0.29, 0.717) is 37.6 Å². The minimum absolute atomic E-state index is 0.00320. The first-order valence-corrected chi connectivity index (χ1v) is 9.61. The van der Waals surface area contributed by atoms with Crippen LogP contribution in [0, 0.1) is 5.92 Å². The molecule has 6 nitrogen and oxygen atoms in total. The van der Waals surface area contributed by atoms with E-state index in [1.54, 1.807) is 6.20 Å². The van der Waals surface area contributed by atoms with Gasteiger partial charge in [-0.3, -0.25) is 9.59 Å². The van der Waals surface area contributed by atoms with Crippen molar-refractivity contribution in [1.82, 2.24) is 14.5 Å². The first-order chi connectivity index (χ1) is 12.7. The van der Waals surface area contributed by atoms with Gasteiger partial charge in [-0.25, -0.2) is 4.98 Å². The number of nitrogens with one attached hydrogen (secondary N) is 1. The third kappa shape index (κ3) is 3.48. The summed E-state index contributed by atoms with van der Waals surface area (Å²) in [5.41, 5.74) is 1.07. The quantitative estimate of drug-likeness (QED) is 0.770. The van der Waals surface area contributed by atoms with Crippen LogP contribution < -0.4 is 5.32 Å². The molecule has 0 saturated carbocycles. The second kappa shape index (κ2) is 7.29. The molecule has 3 aromatic rings. The topological polar surface area (TPSA) is 67.2 Å². The van der Waals surface area contributed by atoms with Crippen LogP contribution in [0.15, 0.2) is 48.1 Å². The van der Waals surface area contributed by atoms with Crippen molar-refractivity contribution in [3.8, 4) is 0 Å². The van der Waals surface area contributed by atoms with Crippen molar-refractivity contribution in [2.75, 3.05) is 18.4 Å². The van der Waals surface area contributed by atoms with E-state index in [0.717, 1.165) is 10.9 Å². The fourth-order valence-electron chi connectivity index (χ4n) is 3.41. The van der Waals surface area contributed by atoms with Crippen molar-refractivity contribution in [3.05, 3.63) is 48.1 Å². The molecule has 3 heterocycles. The molecular weight excluding hydrogens is 348 g/mol. The molecule has 2 aromatic heterocycles. The van der Waals surface area contributed by atoms with Crippen LogP contribution in [0.4, 0.5) is 5.13 Å². The third-order valence-corrected chi connectivity index (χ3v) is 5.56. The van der Waals surface area contributed by atoms with E-state index >= 15 is 0 Å². The number of carbonyl (C=O) groups excluding carboxylic acids is 2. The Balaban J connectivity index is 1.32. The first-order valence-electron chi connectivity index (χ1n) is 8.73. The summed E-state index contributed by atoms with van der Waals surface area (Å²) in [5, 5.41) is 6.46. The molecule has 0 unspecified atom stereocenters. The molecule has 0 atom stereocenters. The lowest BCUT2D eigenvalue weighted by atomic mass is 9.96. The third-order valence-electron chi connectivity index (χ3n) is 4.87. The summed E-state index contributed by atoms with van der Waals surface area (Å²) in [6.45, 7) is 1.57. The molecule has 134 valence electrons. The molecule has 2 amide bonds. The molecule has 4 rings (SSSR count). The van der Waals surface area contributed by atoms with Gasteiger partial charge in [0.2, 0.25) is 11.8 Å². The van der Waals surface area contributed by atoms with E-state index in [1.165, 1.54) is 11.3 Å². The summed E-state index contributed by atoms with van der Waals surface area (Å²) < 4.78 is 1.99. The number of carbonyl (C=O) groups is 2. The molecule has 0 radical (unpaired) electrons. The fourth-order valence-corrected chi connectivity index (χ4v) is 3.94. The number of amides is 2. The SMILES string of the molecule is O=C(Nc1nccs1)C1CCN(C(=O)Cn2ccc3ccccc32)CC1. The van der Waals surface area contributed by atoms with Crippen molar-refractivity contribution in [2.45, 2.75) is 19.4 Å². The molecule has 1 aliphatic rings. The Morgan fingerprint density at radius 2 is 2.00 bits per heavy atom. The summed E-state index contributed by atoms with van der Waals surface area (Å²) in [5.74, 6) is 0.0453. The van der Waals surface area contributed by atoms with Gasteiger partial charge in [-0.2, -0.15) is 0 Å². The highest BCUT2D eigenvalue weighted by Crippen LogP contribution is 2.21. The van der Waals surface area contributed by atoms with Gasteiger partial charge in [-0.15, -0.1) is 11.3 Å². The predicted molar refractivity (Wildman–Crippen MR) is 102 cm³/mol. The van der Waals surface area contributed by atoms with Crippen molar-refractivity contribution in [1.29, 1.82) is 0 Å². The van der Waals surface area contributed by atoms with Crippen LogP contribution in [0.5, 0.6) is 0 Å². The summed E-state index contributed by atoms with van der Waals surface area (Å²) >= 11 is 1.41. The minimum atomic E-state index is -0.0599. The second-order valence-corrected chi connectivity index (χ2v) is 7.38. The number of para-hydroxylation sites is 1. The number of likely N-dealkylation sites (tertiary alicyclic amines) is 1. The molecule has 7 heteroatoms. The van der Waals surface area contributed by atoms with Gasteiger partial charge in [-0.05, 0) is 30.4 Å². The number of hydrogen-bond acceptors (Lipinski definition) is 4. The Hall–Kier alpha value is -2.67. The Morgan fingerprint density at radius 1 is 1.19 bits per heavy atom. The van der Waals surface area contributed by atoms with E-state index in [2.05, 4.69) is 10.3 Å². The maximum Gasteiger partial charge on any atom is 0.242 e. The Morgan fingerprint density at radius 3 is 2.77 bits per heavy atom. The number of nitrogens with zero attached hydrogens (tertiary/aromatic N) is 3. The fraction of sp³-hybridized carbons (Fsp3) is 0.316. The molecule has 1 N–H and O–H groups in total. The zero-order valence-electron chi connectivity index (χ0n) is 14.3. The standard InChI is InChI=1S/C19H20N4O2S/c24-17(13-23-11-5-14-3-1-2-4-16(14)23)22-9-6-15(7-10-22)18(25)21-19-20-8-12-26-19/h1-5,8,11-12,15H,6-7,9-10,13H2,(H,20,21,25). The van der Waals surface area contributed by atoms with E-state index < -0.39 is 0 Å². The van der Waals surface area contributed by atoms with Crippen LogP contribution in [0.3, 0.4) is 0 Å². The van der Waals surface area contributed by atoms with Gasteiger partial charge < -0.3 is 14.8 Å². The highest BCUT2D eigenvalue weighted by molar-refractivity contribution is 7.13. The number of benzene rings is 1. The monoisotopic (exact) mass is 368 g/mol. The van der Waals surface area contributed by atoms with Crippen molar-refractivity contribution < 1.29 is 9.59 Å². The average molecular weight is 368 g/mol. The Kier molecular flexibility index (Phi) is 4.71. The van der Waals surface area contributed by atoms with Crippen LogP contribution in [0.2, 0.25) is 0 Å². The lowest BCUT2D eigenvalue weighted by molar-refractivity contribution is -0.135. The second-order valence-electron chi connectivity index (χ2n) is 6.48. The Labute approximate surface area is 155 Å². The van der Waals surface area contributed by atoms with Crippen molar-refractivity contribution in [2.24, 2.45) is 5.92 Å². The number of hydrogen-bond donors (Lipinski definition) is 1. The van der Waals surface area contributed by atoms with Crippen LogP contribution >= 0.6 is 11.3 Å². The molecule has 0 bridgehead atoms. The van der Waals surface area contributed by atoms with Gasteiger partial charge >= 0.3 is 0 Å². The number of fused-ring (bicyclic) bond motifs is 1. The number of rotatable bonds is 4. The summed E-state index contributed by atoms with van der Waals surface area (Å²) in [4.78, 5) is 30.9. The van der Waals surface area contributed by atoms with E-state index in [4.69, 9.17) is 0 Å². The molecule has 1 aromatic carbocycles. The predicted octanol–water partition coefficient (Wildman–Crippen LogP) is 2.98. The smallest absolute Gasteiger partial charge is 0.242 e. The lowest BCUT2D eigenvalue weighted by Crippen LogP contribution is -2.42. The highest BCUT2D eigenvalue weighted by Gasteiger charge is 2.27. The number of aromatic nitrogens is 2. The van der Waals surface area contributed by atoms with Gasteiger partial charge in [0.25, 0.3) is 0 Å². The van der Waals surface area contributed by atoms with Crippen LogP contribution in [-0.2, 0) is 16.1 Å². The number of piperidine rings is 1. The minimum Gasteiger partial charge on any atom is -0.341 e. The largest absolute Gasteiger partial charge is 0.341 e. The van der Waals surface area contributed by atoms with Crippen LogP contribution in [-0.4, -0.2) is 39.4 Å². The zero-order chi connectivity index (χ0) is 17.9. The zero-order valence-corrected chi connectivity index (χ0v) is 15.1. The molecule has 1 fully saturated rings. The van der Waals surface area contributed by atoms with Crippen LogP contribution in [0.1, 0.15) is 12.8 Å². The summed E-state index contributed by atoms with van der Waals surface area (Å²) in [6, 6.07) is 10.1. The molecule has 1 aliphatic heterocycles. The van der Waals surface area contributed by atoms with E-state index in [9.17, 15) is 9.59 Å². The average Bonchev–Trinajstić information content (AvgIpc) is 3.32. The number of anilines is 1. The molecule has 26 heavy (non-hydrogen) atoms. The first kappa shape index (κ1) is 16.8. The molecule has 0 aliphatic carbocycles. The Bertz CT molecular complexity index is 911. The molecule has 0 spiro atoms. The maximum atomic E-state index is 12.6. The van der Waals surface area contributed by atoms with Crippen molar-refractivity contribution in [3.63, 3.8) is 0 Å². The highest BCUT2D eigenvalue weighted by atomic mass is 32.1. The molecular formula is C19H20N4O2S. The van der Waals surface area contributed by atoms with Gasteiger partial charge in [0.15, 0.2) is 5.13 Å². The van der Waals surface area contributed by atoms with Gasteiger partial charge in [0, 0.05) is 42.3 Å². The van der Waals surface area contributed by atoms with Gasteiger partial charge in [0.1, 0.15) is 6.54 Å². The summed E-state index contributed by atoms with van der Waals surface area (Å²) in [6.07, 6.45) is 5.01. The normalized spacial score (nSPS) is 15.3. The van der Waals surface area contributed by atoms with E-state index in [-0.39, 0.29) is 17.7 Å². The van der Waals surface area contributed by atoms with Crippen molar-refractivity contribution >= 4 is 39.2 Å². The number of thiazole rings is 1. The van der Waals surface area contributed by atoms with E-state index in [1.807, 2.05) is 51.4 Å². The molecule has 1 saturated heterocycles.